The molecule has 2 heterocycles. The van der Waals surface area contributed by atoms with E-state index in [0.717, 1.165) is 0 Å². The number of rotatable bonds is 0. The second-order valence-corrected chi connectivity index (χ2v) is 6.17. The molecule has 1 nitrogen and oxygen atoms in total. The van der Waals surface area contributed by atoms with Crippen LogP contribution in [-0.2, 0) is 0 Å². The van der Waals surface area contributed by atoms with Crippen molar-refractivity contribution < 1.29 is 29.7 Å². The number of halogens is 6. The molecular formula is C7H14F6NP. The van der Waals surface area contributed by atoms with Crippen molar-refractivity contribution >= 4 is 7.81 Å². The topological polar surface area (TPSA) is 0 Å². The molecule has 2 aliphatic rings. The summed E-state index contributed by atoms with van der Waals surface area (Å²) in [6, 6.07) is 0. The molecule has 0 saturated carbocycles. The van der Waals surface area contributed by atoms with Crippen LogP contribution >= 0.6 is 7.81 Å². The monoisotopic (exact) mass is 257 g/mol. The van der Waals surface area contributed by atoms with E-state index in [1.165, 1.54) is 49.9 Å². The van der Waals surface area contributed by atoms with Crippen molar-refractivity contribution in [2.24, 2.45) is 0 Å². The van der Waals surface area contributed by atoms with Crippen LogP contribution < -0.4 is 0 Å². The molecule has 15 heavy (non-hydrogen) atoms. The van der Waals surface area contributed by atoms with Gasteiger partial charge < -0.3 is 4.48 Å². The number of quaternary nitrogens is 1. The minimum absolute atomic E-state index is 1.50. The van der Waals surface area contributed by atoms with Crippen LogP contribution in [0.1, 0.15) is 19.3 Å². The zero-order valence-corrected chi connectivity index (χ0v) is 9.01. The van der Waals surface area contributed by atoms with Crippen molar-refractivity contribution in [2.45, 2.75) is 19.3 Å². The predicted octanol–water partition coefficient (Wildman–Crippen LogP) is 4.38. The fourth-order valence-electron chi connectivity index (χ4n) is 2.06. The van der Waals surface area contributed by atoms with Gasteiger partial charge in [-0.3, -0.25) is 0 Å². The maximum absolute atomic E-state index is 10.7. The van der Waals surface area contributed by atoms with Crippen LogP contribution in [0.25, 0.3) is 0 Å². The molecule has 2 aliphatic heterocycles. The molecule has 2 rings (SSSR count). The molecule has 0 aromatic rings. The van der Waals surface area contributed by atoms with E-state index in [1.54, 1.807) is 0 Å². The fraction of sp³-hybridized carbons (Fsp3) is 1.00. The van der Waals surface area contributed by atoms with Crippen molar-refractivity contribution in [1.82, 2.24) is 0 Å². The summed E-state index contributed by atoms with van der Waals surface area (Å²) in [7, 11) is -10.7. The summed E-state index contributed by atoms with van der Waals surface area (Å²) in [4.78, 5) is 0. The molecule has 0 N–H and O–H groups in total. The molecule has 0 aromatic carbocycles. The van der Waals surface area contributed by atoms with E-state index in [0.29, 0.717) is 0 Å². The zero-order chi connectivity index (χ0) is 11.9. The normalized spacial score (nSPS) is 28.4. The van der Waals surface area contributed by atoms with Gasteiger partial charge in [-0.2, -0.15) is 0 Å². The van der Waals surface area contributed by atoms with Crippen LogP contribution in [0.2, 0.25) is 0 Å². The van der Waals surface area contributed by atoms with Crippen molar-refractivity contribution in [3.63, 3.8) is 0 Å². The van der Waals surface area contributed by atoms with Gasteiger partial charge in [-0.15, -0.1) is 0 Å². The van der Waals surface area contributed by atoms with E-state index in [2.05, 4.69) is 0 Å². The van der Waals surface area contributed by atoms with Gasteiger partial charge >= 0.3 is 33.0 Å². The molecule has 0 radical (unpaired) electrons. The van der Waals surface area contributed by atoms with Gasteiger partial charge in [-0.1, -0.05) is 0 Å². The van der Waals surface area contributed by atoms with Crippen LogP contribution in [0.4, 0.5) is 25.2 Å². The van der Waals surface area contributed by atoms with E-state index in [9.17, 15) is 25.2 Å². The van der Waals surface area contributed by atoms with Crippen molar-refractivity contribution in [1.29, 1.82) is 0 Å². The first-order valence-corrected chi connectivity index (χ1v) is 6.81. The van der Waals surface area contributed by atoms with E-state index in [4.69, 9.17) is 0 Å². The summed E-state index contributed by atoms with van der Waals surface area (Å²) in [5.41, 5.74) is 0. The molecule has 2 saturated heterocycles. The Labute approximate surface area is 83.9 Å². The van der Waals surface area contributed by atoms with E-state index in [1.807, 2.05) is 0 Å². The first kappa shape index (κ1) is 13.0. The summed E-state index contributed by atoms with van der Waals surface area (Å²) in [6.07, 6.45) is 4.50. The van der Waals surface area contributed by atoms with Crippen LogP contribution in [0.3, 0.4) is 0 Å². The van der Waals surface area contributed by atoms with Crippen LogP contribution in [-0.4, -0.2) is 30.7 Å². The number of hydrogen-bond acceptors (Lipinski definition) is 0. The first-order chi connectivity index (χ1) is 6.36. The van der Waals surface area contributed by atoms with Crippen LogP contribution in [0.5, 0.6) is 0 Å². The minimum atomic E-state index is -10.7. The van der Waals surface area contributed by atoms with E-state index in [-0.39, 0.29) is 0 Å². The summed E-state index contributed by atoms with van der Waals surface area (Å²) >= 11 is 0. The third-order valence-electron chi connectivity index (χ3n) is 2.78. The summed E-state index contributed by atoms with van der Waals surface area (Å²) < 4.78 is 60.7. The third kappa shape index (κ3) is 6.95. The molecule has 8 heteroatoms. The summed E-state index contributed by atoms with van der Waals surface area (Å²) in [5.74, 6) is 0. The van der Waals surface area contributed by atoms with Crippen molar-refractivity contribution in [3.05, 3.63) is 0 Å². The molecular weight excluding hydrogens is 243 g/mol. The van der Waals surface area contributed by atoms with Gasteiger partial charge in [0.15, 0.2) is 0 Å². The predicted molar refractivity (Wildman–Crippen MR) is 47.1 cm³/mol. The Morgan fingerprint density at radius 1 is 0.600 bits per heavy atom. The number of hydrogen-bond donors (Lipinski definition) is 0. The molecule has 0 atom stereocenters. The Morgan fingerprint density at radius 2 is 0.867 bits per heavy atom. The zero-order valence-electron chi connectivity index (χ0n) is 8.11. The Hall–Kier alpha value is -0.0300. The average molecular weight is 257 g/mol. The Kier molecular flexibility index (Phi) is 2.61. The van der Waals surface area contributed by atoms with Gasteiger partial charge in [-0.25, -0.2) is 0 Å². The fourth-order valence-corrected chi connectivity index (χ4v) is 2.06. The third-order valence-corrected chi connectivity index (χ3v) is 2.78. The quantitative estimate of drug-likeness (QED) is 0.343. The standard InChI is InChI=1S/C7H14N.F6P/c1-2-5-8(4-1)6-3-7-8;1-7(2,3,4,5)6/h1-7H2;/q+1;-1. The maximum atomic E-state index is 9.87. The van der Waals surface area contributed by atoms with Gasteiger partial charge in [0, 0.05) is 19.3 Å². The van der Waals surface area contributed by atoms with Crippen LogP contribution in [0.15, 0.2) is 0 Å². The first-order valence-electron chi connectivity index (χ1n) is 4.78. The molecule has 0 aromatic heterocycles. The molecule has 0 aliphatic carbocycles. The molecule has 0 bridgehead atoms. The Balaban J connectivity index is 0.000000153. The van der Waals surface area contributed by atoms with Crippen LogP contribution in [0, 0.1) is 0 Å². The Bertz CT molecular complexity index is 220. The van der Waals surface area contributed by atoms with Gasteiger partial charge in [0.2, 0.25) is 0 Å². The van der Waals surface area contributed by atoms with Gasteiger partial charge in [0.05, 0.1) is 26.2 Å². The number of nitrogens with zero attached hydrogens (tertiary/aromatic N) is 1. The summed E-state index contributed by atoms with van der Waals surface area (Å²) in [6.45, 7) is 6.00. The molecule has 1 spiro atoms. The summed E-state index contributed by atoms with van der Waals surface area (Å²) in [5, 5.41) is 0. The second-order valence-electron chi connectivity index (χ2n) is 4.26. The average Bonchev–Trinajstić information content (AvgIpc) is 2.22. The van der Waals surface area contributed by atoms with Gasteiger partial charge in [-0.05, 0) is 0 Å². The van der Waals surface area contributed by atoms with E-state index < -0.39 is 7.81 Å². The van der Waals surface area contributed by atoms with Crippen molar-refractivity contribution in [3.8, 4) is 0 Å². The second kappa shape index (κ2) is 3.00. The molecule has 2 fully saturated rings. The molecule has 0 amide bonds. The Morgan fingerprint density at radius 3 is 1.00 bits per heavy atom. The SMILES string of the molecule is C1CC[N+]2(C1)CCC2.F[P-](F)(F)(F)(F)F. The van der Waals surface area contributed by atoms with Gasteiger partial charge in [0.1, 0.15) is 0 Å². The molecule has 94 valence electrons. The van der Waals surface area contributed by atoms with Crippen molar-refractivity contribution in [2.75, 3.05) is 26.2 Å². The van der Waals surface area contributed by atoms with E-state index >= 15 is 0 Å². The molecule has 0 unspecified atom stereocenters. The van der Waals surface area contributed by atoms with Gasteiger partial charge in [0.25, 0.3) is 0 Å².